The number of rotatable bonds is 4. The lowest BCUT2D eigenvalue weighted by Crippen LogP contribution is -2.28. The summed E-state index contributed by atoms with van der Waals surface area (Å²) in [4.78, 5) is 2.50. The van der Waals surface area contributed by atoms with Gasteiger partial charge in [-0.2, -0.15) is 0 Å². The van der Waals surface area contributed by atoms with Crippen LogP contribution in [0.15, 0.2) is 18.2 Å². The summed E-state index contributed by atoms with van der Waals surface area (Å²) in [5, 5.41) is 3.30. The first-order valence-electron chi connectivity index (χ1n) is 6.71. The van der Waals surface area contributed by atoms with E-state index in [4.69, 9.17) is 0 Å². The molecule has 0 amide bonds. The number of likely N-dealkylation sites (N-methyl/N-ethyl adjacent to an activating group) is 2. The van der Waals surface area contributed by atoms with Gasteiger partial charge in [-0.15, -0.1) is 0 Å². The summed E-state index contributed by atoms with van der Waals surface area (Å²) < 4.78 is 0. The highest BCUT2D eigenvalue weighted by Crippen LogP contribution is 2.32. The van der Waals surface area contributed by atoms with Gasteiger partial charge in [0, 0.05) is 24.3 Å². The summed E-state index contributed by atoms with van der Waals surface area (Å²) in [5.41, 5.74) is 4.43. The maximum Gasteiger partial charge on any atom is 0.0402 e. The molecule has 1 N–H and O–H groups in total. The minimum atomic E-state index is 0.550. The first-order valence-corrected chi connectivity index (χ1v) is 6.71. The zero-order valence-electron chi connectivity index (χ0n) is 11.5. The minimum absolute atomic E-state index is 0.550. The van der Waals surface area contributed by atoms with Gasteiger partial charge in [-0.05, 0) is 57.9 Å². The Morgan fingerprint density at radius 1 is 1.47 bits per heavy atom. The lowest BCUT2D eigenvalue weighted by atomic mass is 10.0. The highest BCUT2D eigenvalue weighted by molar-refractivity contribution is 5.60. The largest absolute Gasteiger partial charge is 0.369 e. The van der Waals surface area contributed by atoms with Crippen LogP contribution in [0.2, 0.25) is 0 Å². The molecule has 0 aliphatic carbocycles. The van der Waals surface area contributed by atoms with E-state index in [1.165, 1.54) is 23.2 Å². The fraction of sp³-hybridized carbons (Fsp3) is 0.600. The van der Waals surface area contributed by atoms with E-state index in [1.54, 1.807) is 0 Å². The average Bonchev–Trinajstić information content (AvgIpc) is 2.63. The molecule has 2 atom stereocenters. The molecule has 17 heavy (non-hydrogen) atoms. The topological polar surface area (TPSA) is 15.3 Å². The Morgan fingerprint density at radius 2 is 2.24 bits per heavy atom. The number of anilines is 1. The van der Waals surface area contributed by atoms with Crippen LogP contribution in [0.25, 0.3) is 0 Å². The van der Waals surface area contributed by atoms with Crippen LogP contribution in [0.5, 0.6) is 0 Å². The summed E-state index contributed by atoms with van der Waals surface area (Å²) in [6, 6.07) is 8.20. The third-order valence-electron chi connectivity index (χ3n) is 3.88. The molecule has 1 aliphatic rings. The molecular weight excluding hydrogens is 208 g/mol. The minimum Gasteiger partial charge on any atom is -0.369 e. The van der Waals surface area contributed by atoms with Crippen molar-refractivity contribution >= 4 is 5.69 Å². The Morgan fingerprint density at radius 3 is 2.88 bits per heavy atom. The molecule has 2 rings (SSSR count). The van der Waals surface area contributed by atoms with E-state index < -0.39 is 0 Å². The molecule has 0 aromatic heterocycles. The Kier molecular flexibility index (Phi) is 3.72. The van der Waals surface area contributed by atoms with Crippen molar-refractivity contribution in [2.45, 2.75) is 45.7 Å². The van der Waals surface area contributed by atoms with Crippen LogP contribution < -0.4 is 10.2 Å². The van der Waals surface area contributed by atoms with Crippen LogP contribution >= 0.6 is 0 Å². The summed E-state index contributed by atoms with van der Waals surface area (Å²) in [5.74, 6) is 0. The maximum atomic E-state index is 3.30. The molecule has 0 bridgehead atoms. The predicted molar refractivity (Wildman–Crippen MR) is 74.9 cm³/mol. The molecule has 0 spiro atoms. The van der Waals surface area contributed by atoms with Gasteiger partial charge >= 0.3 is 0 Å². The van der Waals surface area contributed by atoms with E-state index in [-0.39, 0.29) is 0 Å². The van der Waals surface area contributed by atoms with Crippen LogP contribution in [-0.4, -0.2) is 25.7 Å². The van der Waals surface area contributed by atoms with Gasteiger partial charge in [0.25, 0.3) is 0 Å². The number of benzene rings is 1. The van der Waals surface area contributed by atoms with Gasteiger partial charge in [0.2, 0.25) is 0 Å². The van der Waals surface area contributed by atoms with E-state index in [0.29, 0.717) is 12.1 Å². The molecule has 0 saturated carbocycles. The smallest absolute Gasteiger partial charge is 0.0402 e. The number of hydrogen-bond donors (Lipinski definition) is 1. The van der Waals surface area contributed by atoms with Crippen molar-refractivity contribution in [3.63, 3.8) is 0 Å². The molecule has 1 aromatic carbocycles. The fourth-order valence-electron chi connectivity index (χ4n) is 2.81. The van der Waals surface area contributed by atoms with Gasteiger partial charge in [-0.1, -0.05) is 12.1 Å². The Balaban J connectivity index is 2.19. The quantitative estimate of drug-likeness (QED) is 0.858. The molecule has 0 radical (unpaired) electrons. The fourth-order valence-corrected chi connectivity index (χ4v) is 2.81. The molecule has 0 fully saturated rings. The van der Waals surface area contributed by atoms with E-state index in [1.807, 2.05) is 7.05 Å². The normalized spacial score (nSPS) is 20.5. The molecular formula is C15H24N2. The lowest BCUT2D eigenvalue weighted by Gasteiger charge is -2.22. The number of fused-ring (bicyclic) bond motifs is 1. The molecule has 1 aliphatic heterocycles. The lowest BCUT2D eigenvalue weighted by molar-refractivity contribution is 0.608. The van der Waals surface area contributed by atoms with Gasteiger partial charge in [-0.25, -0.2) is 0 Å². The van der Waals surface area contributed by atoms with Crippen molar-refractivity contribution in [1.29, 1.82) is 0 Å². The molecule has 2 nitrogen and oxygen atoms in total. The molecule has 0 saturated heterocycles. The van der Waals surface area contributed by atoms with Crippen LogP contribution in [0.3, 0.4) is 0 Å². The third kappa shape index (κ3) is 2.47. The molecule has 2 unspecified atom stereocenters. The van der Waals surface area contributed by atoms with Crippen molar-refractivity contribution in [2.24, 2.45) is 0 Å². The van der Waals surface area contributed by atoms with Crippen molar-refractivity contribution < 1.29 is 0 Å². The number of hydrogen-bond acceptors (Lipinski definition) is 2. The zero-order chi connectivity index (χ0) is 12.4. The Hall–Kier alpha value is -1.02. The van der Waals surface area contributed by atoms with Crippen molar-refractivity contribution in [1.82, 2.24) is 5.32 Å². The van der Waals surface area contributed by atoms with E-state index in [9.17, 15) is 0 Å². The predicted octanol–water partition coefficient (Wildman–Crippen LogP) is 2.61. The number of nitrogens with zero attached hydrogens (tertiary/aromatic N) is 1. The van der Waals surface area contributed by atoms with Crippen LogP contribution in [0.1, 0.15) is 31.9 Å². The van der Waals surface area contributed by atoms with Crippen LogP contribution in [0.4, 0.5) is 5.69 Å². The number of nitrogens with one attached hydrogen (secondary N) is 1. The molecule has 94 valence electrons. The monoisotopic (exact) mass is 232 g/mol. The highest BCUT2D eigenvalue weighted by Gasteiger charge is 2.24. The second kappa shape index (κ2) is 5.09. The van der Waals surface area contributed by atoms with Gasteiger partial charge in [0.05, 0.1) is 0 Å². The maximum absolute atomic E-state index is 3.30. The average molecular weight is 232 g/mol. The van der Waals surface area contributed by atoms with Gasteiger partial charge < -0.3 is 10.2 Å². The summed E-state index contributed by atoms with van der Waals surface area (Å²) in [7, 11) is 2.03. The van der Waals surface area contributed by atoms with Crippen LogP contribution in [-0.2, 0) is 12.8 Å². The van der Waals surface area contributed by atoms with Gasteiger partial charge in [-0.3, -0.25) is 0 Å². The highest BCUT2D eigenvalue weighted by atomic mass is 15.2. The van der Waals surface area contributed by atoms with Crippen LogP contribution in [0, 0.1) is 0 Å². The van der Waals surface area contributed by atoms with Crippen molar-refractivity contribution in [3.8, 4) is 0 Å². The SMILES string of the molecule is CCN1c2ccc(CC(C)NC)cc2CC1C. The Labute approximate surface area is 105 Å². The summed E-state index contributed by atoms with van der Waals surface area (Å²) >= 11 is 0. The van der Waals surface area contributed by atoms with E-state index in [2.05, 4.69) is 49.2 Å². The summed E-state index contributed by atoms with van der Waals surface area (Å²) in [6.07, 6.45) is 2.31. The van der Waals surface area contributed by atoms with Gasteiger partial charge in [0.15, 0.2) is 0 Å². The third-order valence-corrected chi connectivity index (χ3v) is 3.88. The van der Waals surface area contributed by atoms with E-state index in [0.717, 1.165) is 13.0 Å². The summed E-state index contributed by atoms with van der Waals surface area (Å²) in [6.45, 7) is 7.90. The molecule has 1 heterocycles. The zero-order valence-corrected chi connectivity index (χ0v) is 11.5. The van der Waals surface area contributed by atoms with Gasteiger partial charge in [0.1, 0.15) is 0 Å². The first-order chi connectivity index (χ1) is 8.15. The van der Waals surface area contributed by atoms with Crippen molar-refractivity contribution in [2.75, 3.05) is 18.5 Å². The van der Waals surface area contributed by atoms with E-state index >= 15 is 0 Å². The Bertz CT molecular complexity index is 387. The second-order valence-corrected chi connectivity index (χ2v) is 5.20. The standard InChI is InChI=1S/C15H24N2/c1-5-17-12(3)9-14-10-13(6-7-15(14)17)8-11(2)16-4/h6-7,10-12,16H,5,8-9H2,1-4H3. The molecule has 2 heteroatoms. The second-order valence-electron chi connectivity index (χ2n) is 5.20. The van der Waals surface area contributed by atoms with Crippen molar-refractivity contribution in [3.05, 3.63) is 29.3 Å². The first kappa shape index (κ1) is 12.4. The molecule has 1 aromatic rings.